The summed E-state index contributed by atoms with van der Waals surface area (Å²) in [4.78, 5) is 38.6. The second-order valence-corrected chi connectivity index (χ2v) is 6.79. The average molecular weight is 435 g/mol. The van der Waals surface area contributed by atoms with Crippen molar-refractivity contribution in [2.75, 3.05) is 11.9 Å². The van der Waals surface area contributed by atoms with Crippen LogP contribution in [-0.4, -0.2) is 28.6 Å². The van der Waals surface area contributed by atoms with E-state index >= 15 is 0 Å². The summed E-state index contributed by atoms with van der Waals surface area (Å²) >= 11 is 11.6. The highest BCUT2D eigenvalue weighted by Gasteiger charge is 2.20. The molecule has 0 radical (unpaired) electrons. The minimum Gasteiger partial charge on any atom is -0.467 e. The van der Waals surface area contributed by atoms with E-state index in [0.717, 1.165) is 4.68 Å². The van der Waals surface area contributed by atoms with Crippen LogP contribution in [0.4, 0.5) is 5.69 Å². The van der Waals surface area contributed by atoms with Gasteiger partial charge in [0.15, 0.2) is 0 Å². The van der Waals surface area contributed by atoms with Crippen LogP contribution in [0, 0.1) is 0 Å². The molecule has 1 aromatic carbocycles. The van der Waals surface area contributed by atoms with Gasteiger partial charge in [0.1, 0.15) is 17.3 Å². The van der Waals surface area contributed by atoms with Gasteiger partial charge in [-0.15, -0.1) is 0 Å². The number of anilines is 1. The molecule has 0 unspecified atom stereocenters. The Morgan fingerprint density at radius 3 is 2.69 bits per heavy atom. The first-order valence-corrected chi connectivity index (χ1v) is 9.21. The van der Waals surface area contributed by atoms with E-state index in [1.54, 1.807) is 36.4 Å². The van der Waals surface area contributed by atoms with Gasteiger partial charge in [-0.1, -0.05) is 35.3 Å². The van der Waals surface area contributed by atoms with Crippen LogP contribution in [-0.2, 0) is 17.9 Å². The number of carbonyl (C=O) groups is 2. The van der Waals surface area contributed by atoms with Crippen molar-refractivity contribution < 1.29 is 14.0 Å². The van der Waals surface area contributed by atoms with Gasteiger partial charge in [0, 0.05) is 7.05 Å². The zero-order chi connectivity index (χ0) is 21.0. The fourth-order valence-corrected chi connectivity index (χ4v) is 2.83. The molecule has 10 heteroatoms. The number of furan rings is 1. The molecule has 0 aliphatic rings. The van der Waals surface area contributed by atoms with E-state index in [1.807, 2.05) is 0 Å². The van der Waals surface area contributed by atoms with Crippen molar-refractivity contribution in [1.82, 2.24) is 15.1 Å². The molecule has 3 rings (SSSR count). The van der Waals surface area contributed by atoms with Crippen LogP contribution in [0.3, 0.4) is 0 Å². The number of aromatic nitrogens is 2. The molecule has 0 saturated carbocycles. The van der Waals surface area contributed by atoms with Gasteiger partial charge in [0.2, 0.25) is 5.91 Å². The molecular weight excluding hydrogens is 419 g/mol. The number of hydrogen-bond acceptors (Lipinski definition) is 5. The minimum atomic E-state index is -0.676. The van der Waals surface area contributed by atoms with E-state index < -0.39 is 11.5 Å². The quantitative estimate of drug-likeness (QED) is 0.642. The van der Waals surface area contributed by atoms with Crippen molar-refractivity contribution in [3.8, 4) is 0 Å². The van der Waals surface area contributed by atoms with Crippen LogP contribution >= 0.6 is 23.2 Å². The summed E-state index contributed by atoms with van der Waals surface area (Å²) in [5.74, 6) is -0.240. The smallest absolute Gasteiger partial charge is 0.287 e. The topological polar surface area (TPSA) is 97.4 Å². The summed E-state index contributed by atoms with van der Waals surface area (Å²) < 4.78 is 6.10. The molecule has 0 saturated heterocycles. The van der Waals surface area contributed by atoms with Crippen LogP contribution in [0.5, 0.6) is 0 Å². The van der Waals surface area contributed by atoms with E-state index in [1.165, 1.54) is 24.4 Å². The van der Waals surface area contributed by atoms with Crippen molar-refractivity contribution in [1.29, 1.82) is 0 Å². The summed E-state index contributed by atoms with van der Waals surface area (Å²) in [6.45, 7) is -0.158. The molecule has 8 nitrogen and oxygen atoms in total. The molecule has 0 aliphatic carbocycles. The predicted molar refractivity (Wildman–Crippen MR) is 108 cm³/mol. The van der Waals surface area contributed by atoms with Crippen LogP contribution in [0.1, 0.15) is 16.1 Å². The molecule has 1 N–H and O–H groups in total. The Kier molecular flexibility index (Phi) is 6.36. The molecule has 2 amide bonds. The molecule has 3 aromatic rings. The first-order chi connectivity index (χ1) is 13.9. The third kappa shape index (κ3) is 4.67. The highest BCUT2D eigenvalue weighted by molar-refractivity contribution is 6.41. The van der Waals surface area contributed by atoms with E-state index in [0.29, 0.717) is 17.0 Å². The highest BCUT2D eigenvalue weighted by atomic mass is 35.5. The van der Waals surface area contributed by atoms with Crippen LogP contribution in [0.15, 0.2) is 58.1 Å². The Labute approximate surface area is 175 Å². The Morgan fingerprint density at radius 2 is 1.97 bits per heavy atom. The van der Waals surface area contributed by atoms with Crippen molar-refractivity contribution in [3.05, 3.63) is 80.6 Å². The van der Waals surface area contributed by atoms with Gasteiger partial charge in [-0.3, -0.25) is 14.4 Å². The number of likely N-dealkylation sites (N-methyl/N-ethyl adjacent to an activating group) is 1. The van der Waals surface area contributed by atoms with E-state index in [2.05, 4.69) is 10.4 Å². The zero-order valence-corrected chi connectivity index (χ0v) is 16.8. The van der Waals surface area contributed by atoms with Crippen LogP contribution < -0.4 is 15.8 Å². The molecular formula is C19H16Cl2N4O4. The summed E-state index contributed by atoms with van der Waals surface area (Å²) in [6, 6.07) is 10.1. The molecule has 29 heavy (non-hydrogen) atoms. The maximum Gasteiger partial charge on any atom is 0.287 e. The summed E-state index contributed by atoms with van der Waals surface area (Å²) in [6.07, 6.45) is 2.70. The van der Waals surface area contributed by atoms with Gasteiger partial charge in [-0.25, -0.2) is 4.68 Å². The molecule has 0 fully saturated rings. The second kappa shape index (κ2) is 8.93. The maximum absolute atomic E-state index is 12.7. The van der Waals surface area contributed by atoms with Crippen molar-refractivity contribution in [3.63, 3.8) is 0 Å². The second-order valence-electron chi connectivity index (χ2n) is 6.00. The lowest BCUT2D eigenvalue weighted by atomic mass is 10.1. The van der Waals surface area contributed by atoms with Crippen molar-refractivity contribution in [2.24, 2.45) is 0 Å². The number of para-hydroxylation sites is 1. The summed E-state index contributed by atoms with van der Waals surface area (Å²) in [7, 11) is 1.50. The standard InChI is InChI=1S/C19H16Cl2N4O4/c1-24(16(26)11-25-19(28)17(21)14(20)10-23-25)15-7-3-2-6-13(15)18(27)22-9-12-5-4-8-29-12/h2-8,10H,9,11H2,1H3,(H,22,27). The molecule has 2 aromatic heterocycles. The van der Waals surface area contributed by atoms with E-state index in [9.17, 15) is 14.4 Å². The Hall–Kier alpha value is -3.10. The molecule has 0 aliphatic heterocycles. The van der Waals surface area contributed by atoms with Gasteiger partial charge in [-0.05, 0) is 24.3 Å². The lowest BCUT2D eigenvalue weighted by Gasteiger charge is -2.20. The fourth-order valence-electron chi connectivity index (χ4n) is 2.56. The Morgan fingerprint density at radius 1 is 1.21 bits per heavy atom. The fraction of sp³-hybridized carbons (Fsp3) is 0.158. The van der Waals surface area contributed by atoms with Crippen LogP contribution in [0.25, 0.3) is 0 Å². The van der Waals surface area contributed by atoms with Gasteiger partial charge in [-0.2, -0.15) is 5.10 Å². The molecule has 0 atom stereocenters. The third-order valence-electron chi connectivity index (χ3n) is 4.11. The average Bonchev–Trinajstić information content (AvgIpc) is 3.25. The van der Waals surface area contributed by atoms with Gasteiger partial charge in [0.05, 0.1) is 35.3 Å². The van der Waals surface area contributed by atoms with Crippen molar-refractivity contribution in [2.45, 2.75) is 13.1 Å². The lowest BCUT2D eigenvalue weighted by molar-refractivity contribution is -0.119. The molecule has 0 bridgehead atoms. The number of carbonyl (C=O) groups excluding carboxylic acids is 2. The Bertz CT molecular complexity index is 1100. The van der Waals surface area contributed by atoms with E-state index in [-0.39, 0.29) is 29.0 Å². The number of halogens is 2. The monoisotopic (exact) mass is 434 g/mol. The minimum absolute atomic E-state index is 0.00675. The van der Waals surface area contributed by atoms with Gasteiger partial charge in [0.25, 0.3) is 11.5 Å². The SMILES string of the molecule is CN(C(=O)Cn1ncc(Cl)c(Cl)c1=O)c1ccccc1C(=O)NCc1ccco1. The van der Waals surface area contributed by atoms with Gasteiger partial charge < -0.3 is 14.6 Å². The van der Waals surface area contributed by atoms with E-state index in [4.69, 9.17) is 27.6 Å². The first-order valence-electron chi connectivity index (χ1n) is 8.45. The number of rotatable bonds is 6. The summed E-state index contributed by atoms with van der Waals surface area (Å²) in [5.41, 5.74) is -0.00250. The zero-order valence-electron chi connectivity index (χ0n) is 15.3. The van der Waals surface area contributed by atoms with Gasteiger partial charge >= 0.3 is 0 Å². The number of benzene rings is 1. The predicted octanol–water partition coefficient (Wildman–Crippen LogP) is 2.74. The van der Waals surface area contributed by atoms with Crippen LogP contribution in [0.2, 0.25) is 10.0 Å². The number of hydrogen-bond donors (Lipinski definition) is 1. The molecule has 2 heterocycles. The Balaban J connectivity index is 1.77. The normalized spacial score (nSPS) is 10.6. The number of nitrogens with zero attached hydrogens (tertiary/aromatic N) is 3. The first kappa shape index (κ1) is 20.6. The highest BCUT2D eigenvalue weighted by Crippen LogP contribution is 2.20. The largest absolute Gasteiger partial charge is 0.467 e. The molecule has 150 valence electrons. The lowest BCUT2D eigenvalue weighted by Crippen LogP contribution is -2.36. The van der Waals surface area contributed by atoms with Crippen molar-refractivity contribution >= 4 is 40.7 Å². The number of nitrogens with one attached hydrogen (secondary N) is 1. The number of amides is 2. The molecule has 0 spiro atoms. The maximum atomic E-state index is 12.7. The summed E-state index contributed by atoms with van der Waals surface area (Å²) in [5, 5.41) is 6.35. The third-order valence-corrected chi connectivity index (χ3v) is 4.86.